The molecule has 0 radical (unpaired) electrons. The van der Waals surface area contributed by atoms with E-state index in [1.165, 1.54) is 22.3 Å². The molecule has 1 aromatic carbocycles. The van der Waals surface area contributed by atoms with Gasteiger partial charge >= 0.3 is 0 Å². The van der Waals surface area contributed by atoms with E-state index in [9.17, 15) is 9.59 Å². The van der Waals surface area contributed by atoms with Crippen molar-refractivity contribution in [2.75, 3.05) is 6.54 Å². The van der Waals surface area contributed by atoms with Gasteiger partial charge in [-0.05, 0) is 35.4 Å². The molecule has 9 heteroatoms. The number of carbonyl (C=O) groups excluding carboxylic acids is 1. The number of hydrogen-bond donors (Lipinski definition) is 2. The van der Waals surface area contributed by atoms with Crippen LogP contribution in [0.2, 0.25) is 0 Å². The van der Waals surface area contributed by atoms with Gasteiger partial charge in [-0.15, -0.1) is 21.5 Å². The third-order valence-corrected chi connectivity index (χ3v) is 6.69. The summed E-state index contributed by atoms with van der Waals surface area (Å²) >= 11 is 1.43. The van der Waals surface area contributed by atoms with Crippen LogP contribution in [0.3, 0.4) is 0 Å². The fraction of sp³-hybridized carbons (Fsp3) is 0.333. The van der Waals surface area contributed by atoms with Crippen molar-refractivity contribution < 1.29 is 4.79 Å². The number of hydrogen-bond acceptors (Lipinski definition) is 5. The van der Waals surface area contributed by atoms with Gasteiger partial charge in [-0.3, -0.25) is 18.6 Å². The Labute approximate surface area is 194 Å². The zero-order chi connectivity index (χ0) is 22.9. The number of nitrogens with one attached hydrogen (secondary N) is 2. The first-order valence-electron chi connectivity index (χ1n) is 11.2. The van der Waals surface area contributed by atoms with Gasteiger partial charge in [0.1, 0.15) is 10.5 Å². The Morgan fingerprint density at radius 1 is 1.18 bits per heavy atom. The summed E-state index contributed by atoms with van der Waals surface area (Å²) in [6, 6.07) is 10.1. The Morgan fingerprint density at radius 3 is 2.88 bits per heavy atom. The molecule has 0 aliphatic carbocycles. The van der Waals surface area contributed by atoms with E-state index in [1.54, 1.807) is 4.57 Å². The molecule has 5 rings (SSSR count). The quantitative estimate of drug-likeness (QED) is 0.369. The molecule has 0 atom stereocenters. The highest BCUT2D eigenvalue weighted by atomic mass is 32.1. The van der Waals surface area contributed by atoms with Gasteiger partial charge < -0.3 is 10.3 Å². The van der Waals surface area contributed by atoms with E-state index < -0.39 is 0 Å². The van der Waals surface area contributed by atoms with Crippen LogP contribution in [0.25, 0.3) is 26.9 Å². The standard InChI is InChI=1S/C24H26N6O2S/c1-15(2)14-29-23(32)22-19(10-12-33-22)30-20(27-28-24(29)30)7-8-21(31)25-11-9-16-13-26-18-6-4-3-5-17(16)18/h3-6,10,12-13,15,26H,7-9,11,14H2,1-2H3,(H,25,31). The second-order valence-electron chi connectivity index (χ2n) is 8.66. The van der Waals surface area contributed by atoms with Crippen molar-refractivity contribution in [3.8, 4) is 0 Å². The van der Waals surface area contributed by atoms with Gasteiger partial charge in [0.15, 0.2) is 0 Å². The minimum absolute atomic E-state index is 0.0244. The number of amides is 1. The van der Waals surface area contributed by atoms with Crippen LogP contribution in [0.5, 0.6) is 0 Å². The molecular formula is C24H26N6O2S. The van der Waals surface area contributed by atoms with E-state index in [-0.39, 0.29) is 11.5 Å². The number of fused-ring (bicyclic) bond motifs is 4. The van der Waals surface area contributed by atoms with Crippen LogP contribution in [-0.2, 0) is 24.2 Å². The van der Waals surface area contributed by atoms with E-state index in [0.717, 1.165) is 17.5 Å². The first-order valence-corrected chi connectivity index (χ1v) is 12.1. The minimum atomic E-state index is -0.0322. The van der Waals surface area contributed by atoms with Gasteiger partial charge in [0.05, 0.1) is 5.52 Å². The van der Waals surface area contributed by atoms with Gasteiger partial charge in [-0.2, -0.15) is 0 Å². The van der Waals surface area contributed by atoms with E-state index in [0.29, 0.717) is 48.2 Å². The summed E-state index contributed by atoms with van der Waals surface area (Å²) in [5, 5.41) is 14.8. The lowest BCUT2D eigenvalue weighted by Crippen LogP contribution is -2.26. The molecular weight excluding hydrogens is 436 g/mol. The number of benzene rings is 1. The normalized spacial score (nSPS) is 11.8. The van der Waals surface area contributed by atoms with Gasteiger partial charge in [0.25, 0.3) is 5.56 Å². The molecule has 0 fully saturated rings. The third kappa shape index (κ3) is 4.04. The Hall–Kier alpha value is -3.46. The SMILES string of the molecule is CC(C)Cn1c(=O)c2sccc2n2c(CCC(=O)NCCc3c[nH]c4ccccc34)nnc12. The molecule has 5 aromatic rings. The van der Waals surface area contributed by atoms with Crippen molar-refractivity contribution >= 4 is 44.1 Å². The molecule has 4 aromatic heterocycles. The molecule has 0 aliphatic heterocycles. The summed E-state index contributed by atoms with van der Waals surface area (Å²) in [5.41, 5.74) is 3.07. The lowest BCUT2D eigenvalue weighted by atomic mass is 10.1. The van der Waals surface area contributed by atoms with Crippen molar-refractivity contribution in [1.82, 2.24) is 29.5 Å². The Morgan fingerprint density at radius 2 is 2.03 bits per heavy atom. The van der Waals surface area contributed by atoms with E-state index in [2.05, 4.69) is 40.4 Å². The van der Waals surface area contributed by atoms with Crippen molar-refractivity contribution in [1.29, 1.82) is 0 Å². The highest BCUT2D eigenvalue weighted by Gasteiger charge is 2.18. The van der Waals surface area contributed by atoms with Gasteiger partial charge in [-0.25, -0.2) is 0 Å². The number of aryl methyl sites for hydroxylation is 1. The van der Waals surface area contributed by atoms with Crippen molar-refractivity contribution in [3.05, 3.63) is 63.7 Å². The van der Waals surface area contributed by atoms with Gasteiger partial charge in [-0.1, -0.05) is 32.0 Å². The van der Waals surface area contributed by atoms with Crippen LogP contribution in [0, 0.1) is 5.92 Å². The lowest BCUT2D eigenvalue weighted by Gasteiger charge is -2.11. The topological polar surface area (TPSA) is 97.1 Å². The first kappa shape index (κ1) is 21.4. The van der Waals surface area contributed by atoms with Gasteiger partial charge in [0, 0.05) is 43.0 Å². The molecule has 1 amide bonds. The summed E-state index contributed by atoms with van der Waals surface area (Å²) in [5.74, 6) is 1.50. The number of aromatic amines is 1. The Bertz CT molecular complexity index is 1510. The summed E-state index contributed by atoms with van der Waals surface area (Å²) in [6.07, 6.45) is 3.52. The van der Waals surface area contributed by atoms with Crippen LogP contribution in [-0.4, -0.2) is 36.6 Å². The fourth-order valence-electron chi connectivity index (χ4n) is 4.26. The highest BCUT2D eigenvalue weighted by molar-refractivity contribution is 7.17. The third-order valence-electron chi connectivity index (χ3n) is 5.79. The monoisotopic (exact) mass is 462 g/mol. The summed E-state index contributed by atoms with van der Waals surface area (Å²) < 4.78 is 4.31. The predicted molar refractivity (Wildman–Crippen MR) is 131 cm³/mol. The van der Waals surface area contributed by atoms with Gasteiger partial charge in [0.2, 0.25) is 11.7 Å². The maximum Gasteiger partial charge on any atom is 0.272 e. The molecule has 2 N–H and O–H groups in total. The summed E-state index contributed by atoms with van der Waals surface area (Å²) in [7, 11) is 0. The Kier molecular flexibility index (Phi) is 5.72. The summed E-state index contributed by atoms with van der Waals surface area (Å²) in [4.78, 5) is 28.7. The molecule has 0 aliphatic rings. The Balaban J connectivity index is 1.29. The zero-order valence-corrected chi connectivity index (χ0v) is 19.5. The number of H-pyrrole nitrogens is 1. The average Bonchev–Trinajstić information content (AvgIpc) is 3.53. The smallest absolute Gasteiger partial charge is 0.272 e. The number of rotatable bonds is 8. The van der Waals surface area contributed by atoms with E-state index in [1.807, 2.05) is 40.2 Å². The second kappa shape index (κ2) is 8.82. The molecule has 0 spiro atoms. The van der Waals surface area contributed by atoms with Crippen LogP contribution in [0.1, 0.15) is 31.7 Å². The predicted octanol–water partition coefficient (Wildman–Crippen LogP) is 3.53. The summed E-state index contributed by atoms with van der Waals surface area (Å²) in [6.45, 7) is 5.28. The fourth-order valence-corrected chi connectivity index (χ4v) is 5.09. The van der Waals surface area contributed by atoms with Crippen molar-refractivity contribution in [2.45, 2.75) is 39.7 Å². The van der Waals surface area contributed by atoms with Crippen LogP contribution in [0.4, 0.5) is 0 Å². The number of aromatic nitrogens is 5. The van der Waals surface area contributed by atoms with Crippen LogP contribution < -0.4 is 10.9 Å². The maximum atomic E-state index is 12.9. The average molecular weight is 463 g/mol. The van der Waals surface area contributed by atoms with Crippen LogP contribution >= 0.6 is 11.3 Å². The largest absolute Gasteiger partial charge is 0.361 e. The molecule has 0 saturated carbocycles. The zero-order valence-electron chi connectivity index (χ0n) is 18.7. The molecule has 170 valence electrons. The van der Waals surface area contributed by atoms with E-state index >= 15 is 0 Å². The highest BCUT2D eigenvalue weighted by Crippen LogP contribution is 2.21. The van der Waals surface area contributed by atoms with Crippen molar-refractivity contribution in [2.24, 2.45) is 5.92 Å². The van der Waals surface area contributed by atoms with Crippen LogP contribution in [0.15, 0.2) is 46.7 Å². The number of nitrogens with zero attached hydrogens (tertiary/aromatic N) is 4. The van der Waals surface area contributed by atoms with Crippen molar-refractivity contribution in [3.63, 3.8) is 0 Å². The number of para-hydroxylation sites is 1. The molecule has 0 saturated heterocycles. The second-order valence-corrected chi connectivity index (χ2v) is 9.57. The molecule has 33 heavy (non-hydrogen) atoms. The molecule has 4 heterocycles. The minimum Gasteiger partial charge on any atom is -0.361 e. The van der Waals surface area contributed by atoms with E-state index in [4.69, 9.17) is 0 Å². The first-order chi connectivity index (χ1) is 16.0. The number of carbonyl (C=O) groups is 1. The molecule has 0 bridgehead atoms. The molecule has 0 unspecified atom stereocenters. The maximum absolute atomic E-state index is 12.9. The molecule has 8 nitrogen and oxygen atoms in total. The number of thiophene rings is 1. The lowest BCUT2D eigenvalue weighted by molar-refractivity contribution is -0.121.